The molecule has 1 aliphatic rings. The summed E-state index contributed by atoms with van der Waals surface area (Å²) in [6, 6.07) is 0. The van der Waals surface area contributed by atoms with Gasteiger partial charge in [-0.05, 0) is 137 Å². The summed E-state index contributed by atoms with van der Waals surface area (Å²) in [7, 11) is 0. The monoisotopic (exact) mass is 998 g/mol. The number of unbranched alkanes of at least 4 members (excludes halogenated alkanes) is 4. The third-order valence-electron chi connectivity index (χ3n) is 6.21. The van der Waals surface area contributed by atoms with E-state index in [1.807, 2.05) is 6.92 Å². The van der Waals surface area contributed by atoms with Crippen molar-refractivity contribution < 1.29 is 14.5 Å². The van der Waals surface area contributed by atoms with E-state index in [0.29, 0.717) is 0 Å². The molecule has 3 unspecified atom stereocenters. The Hall–Kier alpha value is 1.86. The third-order valence-corrected chi connectivity index (χ3v) is 11.3. The van der Waals surface area contributed by atoms with Crippen molar-refractivity contribution in [3.8, 4) is 5.75 Å². The van der Waals surface area contributed by atoms with E-state index >= 15 is 0 Å². The lowest BCUT2D eigenvalue weighted by Gasteiger charge is -2.38. The molecule has 232 valence electrons. The highest BCUT2D eigenvalue weighted by molar-refractivity contribution is 14.1. The Morgan fingerprint density at radius 1 is 0.846 bits per heavy atom. The minimum absolute atomic E-state index is 0.0564. The fourth-order valence-electron chi connectivity index (χ4n) is 3.79. The number of fused-ring (bicyclic) bond motifs is 1. The Labute approximate surface area is 297 Å². The van der Waals surface area contributed by atoms with Gasteiger partial charge in [-0.2, -0.15) is 0 Å². The molecule has 0 fully saturated rings. The Morgan fingerprint density at radius 3 is 1.72 bits per heavy atom. The van der Waals surface area contributed by atoms with Crippen LogP contribution in [0.4, 0.5) is 0 Å². The zero-order valence-corrected chi connectivity index (χ0v) is 35.4. The molecule has 1 heterocycles. The summed E-state index contributed by atoms with van der Waals surface area (Å²) in [4.78, 5) is 11.5. The normalized spacial score (nSPS) is 18.0. The van der Waals surface area contributed by atoms with E-state index in [0.717, 1.165) is 37.9 Å². The molecule has 3 nitrogen and oxygen atoms in total. The van der Waals surface area contributed by atoms with Crippen LogP contribution >= 0.6 is 90.4 Å². The summed E-state index contributed by atoms with van der Waals surface area (Å²) < 4.78 is 9.61. The molecule has 0 bridgehead atoms. The lowest BCUT2D eigenvalue weighted by molar-refractivity contribution is -0.354. The second-order valence-corrected chi connectivity index (χ2v) is 16.0. The van der Waals surface area contributed by atoms with Gasteiger partial charge in [0.2, 0.25) is 0 Å². The molecule has 0 radical (unpaired) electrons. The number of hydrogen-bond donors (Lipinski definition) is 0. The predicted octanol–water partition coefficient (Wildman–Crippen LogP) is 13.5. The summed E-state index contributed by atoms with van der Waals surface area (Å²) in [5, 5.41) is 0. The number of hydrogen-bond acceptors (Lipinski definition) is 3. The van der Waals surface area contributed by atoms with Crippen LogP contribution in [0.3, 0.4) is 0 Å². The zero-order valence-electron chi connectivity index (χ0n) is 26.8. The topological polar surface area (TPSA) is 27.7 Å². The molecule has 0 N–H and O–H groups in total. The minimum atomic E-state index is -0.548. The van der Waals surface area contributed by atoms with Crippen LogP contribution in [0.15, 0.2) is 0 Å². The molecule has 0 aromatic heterocycles. The molecule has 0 aliphatic carbocycles. The van der Waals surface area contributed by atoms with E-state index in [1.54, 1.807) is 0 Å². The van der Waals surface area contributed by atoms with Crippen molar-refractivity contribution in [3.05, 3.63) is 21.8 Å². The molecule has 0 saturated carbocycles. The maximum Gasteiger partial charge on any atom is 0.178 e. The van der Waals surface area contributed by atoms with Crippen molar-refractivity contribution in [2.24, 2.45) is 0 Å². The average Bonchev–Trinajstić information content (AvgIpc) is 2.88. The van der Waals surface area contributed by atoms with E-state index in [1.165, 1.54) is 66.8 Å². The molecule has 1 aromatic rings. The quantitative estimate of drug-likeness (QED) is 0.0727. The summed E-state index contributed by atoms with van der Waals surface area (Å²) in [6.45, 7) is 23.8. The van der Waals surface area contributed by atoms with Crippen LogP contribution in [0.5, 0.6) is 5.75 Å². The maximum atomic E-state index is 6.54. The highest BCUT2D eigenvalue weighted by Crippen LogP contribution is 2.49. The molecule has 1 aromatic carbocycles. The Kier molecular flexibility index (Phi) is 26.7. The van der Waals surface area contributed by atoms with Crippen molar-refractivity contribution in [2.45, 2.75) is 169 Å². The van der Waals surface area contributed by atoms with Gasteiger partial charge in [-0.15, -0.1) is 0 Å². The lowest BCUT2D eigenvalue weighted by Crippen LogP contribution is -2.37. The van der Waals surface area contributed by atoms with Crippen LogP contribution < -0.4 is 4.74 Å². The van der Waals surface area contributed by atoms with Crippen molar-refractivity contribution >= 4 is 90.4 Å². The van der Waals surface area contributed by atoms with Gasteiger partial charge in [-0.25, -0.2) is 9.78 Å². The van der Waals surface area contributed by atoms with E-state index in [-0.39, 0.29) is 11.7 Å². The van der Waals surface area contributed by atoms with Gasteiger partial charge in [-0.1, -0.05) is 107 Å². The average molecular weight is 998 g/mol. The van der Waals surface area contributed by atoms with Crippen molar-refractivity contribution in [1.82, 2.24) is 0 Å². The number of rotatable bonds is 11. The van der Waals surface area contributed by atoms with Crippen LogP contribution in [-0.2, 0) is 19.8 Å². The van der Waals surface area contributed by atoms with Crippen molar-refractivity contribution in [1.29, 1.82) is 0 Å². The highest BCUT2D eigenvalue weighted by Gasteiger charge is 2.39. The molecular weight excluding hydrogens is 940 g/mol. The van der Waals surface area contributed by atoms with Crippen LogP contribution in [0, 0.1) is 10.7 Å². The molecule has 0 amide bonds. The molecule has 2 rings (SSSR count). The molecule has 0 saturated heterocycles. The van der Waals surface area contributed by atoms with Crippen LogP contribution in [0.1, 0.15) is 158 Å². The molecule has 0 spiro atoms. The Balaban J connectivity index is 0. The maximum absolute atomic E-state index is 6.54. The molecule has 7 heteroatoms. The molecular formula is C32H58I4O3. The summed E-state index contributed by atoms with van der Waals surface area (Å²) in [5.74, 6) is 1.07. The number of ether oxygens (including phenoxy) is 1. The standard InChI is InChI=1S/C19H26I4O3.2C5H12.C3H8/c1-6-9-18(4)10-8-12-14(20)13(15(21)16(22)17(12)24-18)19(5,23)26-25-11(3)7-2;2*1-3-5-4-2;1-3-2/h11H,6-10H2,1-5H3;2*3-5H2,1-2H3;3H2,1-2H3. The van der Waals surface area contributed by atoms with E-state index in [2.05, 4.69) is 160 Å². The van der Waals surface area contributed by atoms with Crippen LogP contribution in [-0.4, -0.2) is 11.7 Å². The van der Waals surface area contributed by atoms with Gasteiger partial charge in [0.05, 0.1) is 9.67 Å². The van der Waals surface area contributed by atoms with E-state index in [9.17, 15) is 0 Å². The first-order valence-corrected chi connectivity index (χ1v) is 19.5. The number of halogens is 4. The van der Waals surface area contributed by atoms with Crippen LogP contribution in [0.2, 0.25) is 0 Å². The lowest BCUT2D eigenvalue weighted by atomic mass is 9.88. The molecule has 3 atom stereocenters. The fraction of sp³-hybridized carbons (Fsp3) is 0.812. The van der Waals surface area contributed by atoms with Gasteiger partial charge in [-0.3, -0.25) is 0 Å². The second kappa shape index (κ2) is 24.2. The Morgan fingerprint density at radius 2 is 1.33 bits per heavy atom. The smallest absolute Gasteiger partial charge is 0.178 e. The van der Waals surface area contributed by atoms with Gasteiger partial charge in [0.1, 0.15) is 11.4 Å². The Bertz CT molecular complexity index is 761. The van der Waals surface area contributed by atoms with Crippen molar-refractivity contribution in [2.75, 3.05) is 0 Å². The van der Waals surface area contributed by atoms with Gasteiger partial charge >= 0.3 is 0 Å². The van der Waals surface area contributed by atoms with E-state index in [4.69, 9.17) is 14.5 Å². The highest BCUT2D eigenvalue weighted by atomic mass is 127. The second-order valence-electron chi connectivity index (χ2n) is 10.7. The van der Waals surface area contributed by atoms with Gasteiger partial charge in [0.15, 0.2) is 3.61 Å². The first-order chi connectivity index (χ1) is 18.3. The number of alkyl halides is 1. The first kappa shape index (κ1) is 43.0. The summed E-state index contributed by atoms with van der Waals surface area (Å²) >= 11 is 9.67. The molecule has 1 aliphatic heterocycles. The predicted molar refractivity (Wildman–Crippen MR) is 207 cm³/mol. The zero-order chi connectivity index (χ0) is 30.6. The van der Waals surface area contributed by atoms with Gasteiger partial charge in [0.25, 0.3) is 0 Å². The SMILES string of the molecule is CCC.CCCC1(C)CCc2c(I)c(C(C)(I)OOC(C)CC)c(I)c(I)c2O1.CCCCC.CCCCC. The third kappa shape index (κ3) is 16.5. The fourth-order valence-corrected chi connectivity index (χ4v) is 9.02. The van der Waals surface area contributed by atoms with Crippen LogP contribution in [0.25, 0.3) is 0 Å². The summed E-state index contributed by atoms with van der Waals surface area (Å²) in [5.41, 5.74) is 2.45. The number of benzene rings is 1. The van der Waals surface area contributed by atoms with Gasteiger partial charge < -0.3 is 4.74 Å². The van der Waals surface area contributed by atoms with Gasteiger partial charge in [0, 0.05) is 18.3 Å². The minimum Gasteiger partial charge on any atom is -0.486 e. The molecule has 39 heavy (non-hydrogen) atoms. The summed E-state index contributed by atoms with van der Waals surface area (Å²) in [6.07, 6.45) is 14.7. The van der Waals surface area contributed by atoms with Crippen molar-refractivity contribution in [3.63, 3.8) is 0 Å². The largest absolute Gasteiger partial charge is 0.486 e. The van der Waals surface area contributed by atoms with E-state index < -0.39 is 3.61 Å². The first-order valence-electron chi connectivity index (χ1n) is 15.2.